The Hall–Kier alpha value is -1.80. The van der Waals surface area contributed by atoms with Crippen molar-refractivity contribution in [3.63, 3.8) is 0 Å². The molecule has 18 heavy (non-hydrogen) atoms. The third-order valence-corrected chi connectivity index (χ3v) is 3.26. The minimum atomic E-state index is 0.139. The van der Waals surface area contributed by atoms with Gasteiger partial charge in [-0.2, -0.15) is 0 Å². The second-order valence-corrected chi connectivity index (χ2v) is 4.68. The number of carbonyl (C=O) groups excluding carboxylic acids is 1. The van der Waals surface area contributed by atoms with E-state index in [-0.39, 0.29) is 5.78 Å². The fourth-order valence-electron chi connectivity index (χ4n) is 2.11. The van der Waals surface area contributed by atoms with Crippen molar-refractivity contribution in [1.82, 2.24) is 0 Å². The van der Waals surface area contributed by atoms with E-state index in [9.17, 15) is 4.79 Å². The fraction of sp³-hybridized carbons (Fsp3) is 0.133. The SMILES string of the molecule is O=C1CCOc2ccc(-c3cccc(Cl)c3)cc21. The van der Waals surface area contributed by atoms with Gasteiger partial charge in [0.25, 0.3) is 0 Å². The van der Waals surface area contributed by atoms with E-state index in [1.165, 1.54) is 0 Å². The molecule has 3 heteroatoms. The molecule has 0 spiro atoms. The quantitative estimate of drug-likeness (QED) is 0.774. The zero-order valence-electron chi connectivity index (χ0n) is 9.65. The Morgan fingerprint density at radius 2 is 1.89 bits per heavy atom. The van der Waals surface area contributed by atoms with Crippen LogP contribution in [0.1, 0.15) is 16.8 Å². The first-order valence-corrected chi connectivity index (χ1v) is 6.18. The van der Waals surface area contributed by atoms with Crippen LogP contribution in [0.3, 0.4) is 0 Å². The Bertz CT molecular complexity index is 620. The summed E-state index contributed by atoms with van der Waals surface area (Å²) >= 11 is 5.98. The molecule has 90 valence electrons. The van der Waals surface area contributed by atoms with Crippen LogP contribution in [-0.4, -0.2) is 12.4 Å². The summed E-state index contributed by atoms with van der Waals surface area (Å²) in [6.45, 7) is 0.475. The molecule has 0 N–H and O–H groups in total. The van der Waals surface area contributed by atoms with Gasteiger partial charge < -0.3 is 4.74 Å². The van der Waals surface area contributed by atoms with Crippen molar-refractivity contribution in [2.24, 2.45) is 0 Å². The normalized spacial score (nSPS) is 13.9. The van der Waals surface area contributed by atoms with Gasteiger partial charge in [-0.1, -0.05) is 29.8 Å². The van der Waals surface area contributed by atoms with Crippen LogP contribution in [0.4, 0.5) is 0 Å². The Morgan fingerprint density at radius 3 is 2.72 bits per heavy atom. The topological polar surface area (TPSA) is 26.3 Å². The highest BCUT2D eigenvalue weighted by atomic mass is 35.5. The number of ether oxygens (including phenoxy) is 1. The minimum Gasteiger partial charge on any atom is -0.492 e. The van der Waals surface area contributed by atoms with E-state index in [1.54, 1.807) is 0 Å². The minimum absolute atomic E-state index is 0.139. The molecular weight excluding hydrogens is 248 g/mol. The van der Waals surface area contributed by atoms with E-state index in [4.69, 9.17) is 16.3 Å². The predicted molar refractivity (Wildman–Crippen MR) is 71.3 cm³/mol. The van der Waals surface area contributed by atoms with Crippen LogP contribution in [0.2, 0.25) is 5.02 Å². The van der Waals surface area contributed by atoms with Crippen LogP contribution >= 0.6 is 11.6 Å². The van der Waals surface area contributed by atoms with Gasteiger partial charge in [0.05, 0.1) is 12.2 Å². The Labute approximate surface area is 110 Å². The second-order valence-electron chi connectivity index (χ2n) is 4.24. The third-order valence-electron chi connectivity index (χ3n) is 3.02. The number of fused-ring (bicyclic) bond motifs is 1. The van der Waals surface area contributed by atoms with Gasteiger partial charge in [-0.3, -0.25) is 4.79 Å². The van der Waals surface area contributed by atoms with Gasteiger partial charge in [0.2, 0.25) is 0 Å². The average Bonchev–Trinajstić information content (AvgIpc) is 2.39. The molecule has 0 amide bonds. The van der Waals surface area contributed by atoms with Crippen LogP contribution in [0.15, 0.2) is 42.5 Å². The van der Waals surface area contributed by atoms with Crippen LogP contribution in [0.5, 0.6) is 5.75 Å². The van der Waals surface area contributed by atoms with Crippen molar-refractivity contribution >= 4 is 17.4 Å². The van der Waals surface area contributed by atoms with Crippen molar-refractivity contribution in [2.45, 2.75) is 6.42 Å². The van der Waals surface area contributed by atoms with Crippen molar-refractivity contribution in [3.8, 4) is 16.9 Å². The molecule has 1 aliphatic rings. The van der Waals surface area contributed by atoms with Crippen LogP contribution in [0.25, 0.3) is 11.1 Å². The fourth-order valence-corrected chi connectivity index (χ4v) is 2.30. The predicted octanol–water partition coefficient (Wildman–Crippen LogP) is 3.97. The molecule has 0 unspecified atom stereocenters. The highest BCUT2D eigenvalue weighted by molar-refractivity contribution is 6.30. The van der Waals surface area contributed by atoms with E-state index in [1.807, 2.05) is 42.5 Å². The molecule has 0 atom stereocenters. The van der Waals surface area contributed by atoms with Gasteiger partial charge >= 0.3 is 0 Å². The molecule has 0 fully saturated rings. The lowest BCUT2D eigenvalue weighted by Crippen LogP contribution is -2.15. The summed E-state index contributed by atoms with van der Waals surface area (Å²) in [4.78, 5) is 11.8. The first kappa shape index (κ1) is 11.3. The lowest BCUT2D eigenvalue weighted by molar-refractivity contribution is 0.0933. The van der Waals surface area contributed by atoms with E-state index in [0.29, 0.717) is 29.4 Å². The van der Waals surface area contributed by atoms with Crippen molar-refractivity contribution < 1.29 is 9.53 Å². The maximum absolute atomic E-state index is 11.8. The zero-order valence-corrected chi connectivity index (χ0v) is 10.4. The number of benzene rings is 2. The smallest absolute Gasteiger partial charge is 0.170 e. The number of halogens is 1. The summed E-state index contributed by atoms with van der Waals surface area (Å²) in [5.74, 6) is 0.817. The van der Waals surface area contributed by atoms with Crippen LogP contribution in [0, 0.1) is 0 Å². The van der Waals surface area contributed by atoms with E-state index in [0.717, 1.165) is 11.1 Å². The molecule has 0 bridgehead atoms. The Balaban J connectivity index is 2.09. The molecule has 0 aliphatic carbocycles. The molecular formula is C15H11ClO2. The first-order chi connectivity index (χ1) is 8.74. The van der Waals surface area contributed by atoms with Gasteiger partial charge in [-0.25, -0.2) is 0 Å². The molecule has 1 heterocycles. The number of ketones is 1. The van der Waals surface area contributed by atoms with Gasteiger partial charge in [0.15, 0.2) is 5.78 Å². The van der Waals surface area contributed by atoms with Crippen molar-refractivity contribution in [3.05, 3.63) is 53.1 Å². The van der Waals surface area contributed by atoms with Gasteiger partial charge in [-0.15, -0.1) is 0 Å². The van der Waals surface area contributed by atoms with E-state index < -0.39 is 0 Å². The van der Waals surface area contributed by atoms with Crippen LogP contribution in [-0.2, 0) is 0 Å². The number of rotatable bonds is 1. The molecule has 3 rings (SSSR count). The molecule has 0 radical (unpaired) electrons. The highest BCUT2D eigenvalue weighted by Gasteiger charge is 2.18. The molecule has 0 saturated heterocycles. The second kappa shape index (κ2) is 4.46. The van der Waals surface area contributed by atoms with Crippen molar-refractivity contribution in [1.29, 1.82) is 0 Å². The molecule has 2 aromatic rings. The summed E-state index contributed by atoms with van der Waals surface area (Å²) in [5.41, 5.74) is 2.65. The summed E-state index contributed by atoms with van der Waals surface area (Å²) in [6, 6.07) is 13.3. The monoisotopic (exact) mass is 258 g/mol. The standard InChI is InChI=1S/C15H11ClO2/c16-12-3-1-2-10(8-12)11-4-5-15-13(9-11)14(17)6-7-18-15/h1-5,8-9H,6-7H2. The third kappa shape index (κ3) is 2.00. The maximum atomic E-state index is 11.8. The summed E-state index contributed by atoms with van der Waals surface area (Å²) in [7, 11) is 0. The number of carbonyl (C=O) groups is 1. The number of hydrogen-bond donors (Lipinski definition) is 0. The van der Waals surface area contributed by atoms with Crippen LogP contribution < -0.4 is 4.74 Å². The lowest BCUT2D eigenvalue weighted by Gasteiger charge is -2.17. The van der Waals surface area contributed by atoms with Crippen molar-refractivity contribution in [2.75, 3.05) is 6.61 Å². The number of hydrogen-bond acceptors (Lipinski definition) is 2. The number of Topliss-reactive ketones (excluding diaryl/α,β-unsaturated/α-hetero) is 1. The first-order valence-electron chi connectivity index (χ1n) is 5.80. The largest absolute Gasteiger partial charge is 0.492 e. The maximum Gasteiger partial charge on any atom is 0.170 e. The lowest BCUT2D eigenvalue weighted by atomic mass is 9.98. The van der Waals surface area contributed by atoms with Gasteiger partial charge in [-0.05, 0) is 35.4 Å². The molecule has 2 aromatic carbocycles. The van der Waals surface area contributed by atoms with Gasteiger partial charge in [0.1, 0.15) is 5.75 Å². The summed E-state index contributed by atoms with van der Waals surface area (Å²) in [5, 5.41) is 0.688. The average molecular weight is 259 g/mol. The molecule has 0 saturated carbocycles. The van der Waals surface area contributed by atoms with E-state index in [2.05, 4.69) is 0 Å². The Morgan fingerprint density at radius 1 is 1.06 bits per heavy atom. The molecule has 0 aromatic heterocycles. The zero-order chi connectivity index (χ0) is 12.5. The van der Waals surface area contributed by atoms with E-state index >= 15 is 0 Å². The summed E-state index contributed by atoms with van der Waals surface area (Å²) in [6.07, 6.45) is 0.450. The Kier molecular flexibility index (Phi) is 2.80. The molecule has 1 aliphatic heterocycles. The molecule has 2 nitrogen and oxygen atoms in total. The summed E-state index contributed by atoms with van der Waals surface area (Å²) < 4.78 is 5.46. The van der Waals surface area contributed by atoms with Gasteiger partial charge in [0, 0.05) is 11.4 Å². The highest BCUT2D eigenvalue weighted by Crippen LogP contribution is 2.30.